The van der Waals surface area contributed by atoms with Gasteiger partial charge in [0.15, 0.2) is 11.6 Å². The minimum absolute atomic E-state index is 0. The van der Waals surface area contributed by atoms with Crippen LogP contribution in [0.5, 0.6) is 0 Å². The van der Waals surface area contributed by atoms with Crippen molar-refractivity contribution in [3.63, 3.8) is 0 Å². The number of rotatable bonds is 6. The number of nitrogens with zero attached hydrogens (tertiary/aromatic N) is 2. The van der Waals surface area contributed by atoms with E-state index in [1.807, 2.05) is 48.5 Å². The Morgan fingerprint density at radius 3 is 1.22 bits per heavy atom. The number of carbonyl (C=O) groups is 2. The van der Waals surface area contributed by atoms with Crippen molar-refractivity contribution in [3.8, 4) is 44.8 Å². The van der Waals surface area contributed by atoms with Crippen LogP contribution < -0.4 is 0 Å². The Morgan fingerprint density at radius 1 is 0.431 bits per heavy atom. The molecule has 0 saturated carbocycles. The molecule has 4 nitrogen and oxygen atoms in total. The number of fused-ring (bicyclic) bond motifs is 8. The van der Waals surface area contributed by atoms with Crippen molar-refractivity contribution < 1.29 is 29.7 Å². The molecular weight excluding hydrogens is 889 g/mol. The molecule has 1 radical (unpaired) electrons. The average molecular weight is 931 g/mol. The van der Waals surface area contributed by atoms with Gasteiger partial charge in [0.2, 0.25) is 0 Å². The molecular formula is C53H42IrN2O2. The van der Waals surface area contributed by atoms with E-state index < -0.39 is 5.41 Å². The molecule has 0 fully saturated rings. The van der Waals surface area contributed by atoms with Gasteiger partial charge in [-0.25, -0.2) is 9.97 Å². The molecule has 0 aliphatic heterocycles. The number of benzene rings is 6. The first kappa shape index (κ1) is 37.7. The summed E-state index contributed by atoms with van der Waals surface area (Å²) in [6, 6.07) is 50.0. The molecule has 2 heterocycles. The summed E-state index contributed by atoms with van der Waals surface area (Å²) in [7, 11) is 0. The Balaban J connectivity index is 0.00000436. The summed E-state index contributed by atoms with van der Waals surface area (Å²) >= 11 is 0. The van der Waals surface area contributed by atoms with Crippen molar-refractivity contribution in [2.75, 3.05) is 0 Å². The largest absolute Gasteiger partial charge is 0.298 e. The van der Waals surface area contributed by atoms with Gasteiger partial charge in [0.25, 0.3) is 0 Å². The number of para-hydroxylation sites is 2. The third kappa shape index (κ3) is 5.23. The number of Topliss-reactive ketones (excluding diaryl/α,β-unsaturated/α-hetero) is 2. The summed E-state index contributed by atoms with van der Waals surface area (Å²) in [6.45, 7) is 12.2. The van der Waals surface area contributed by atoms with Gasteiger partial charge in [-0.15, -0.1) is 0 Å². The summed E-state index contributed by atoms with van der Waals surface area (Å²) < 4.78 is 0. The first-order valence-corrected chi connectivity index (χ1v) is 19.7. The van der Waals surface area contributed by atoms with Gasteiger partial charge in [0, 0.05) is 52.8 Å². The first-order chi connectivity index (χ1) is 27.4. The summed E-state index contributed by atoms with van der Waals surface area (Å²) in [5, 5.41) is 2.04. The third-order valence-electron chi connectivity index (χ3n) is 13.1. The van der Waals surface area contributed by atoms with Crippen LogP contribution in [0.25, 0.3) is 66.6 Å². The molecule has 2 aliphatic carbocycles. The Labute approximate surface area is 352 Å². The van der Waals surface area contributed by atoms with Crippen LogP contribution in [0.2, 0.25) is 0 Å². The number of hydrogen-bond acceptors (Lipinski definition) is 4. The van der Waals surface area contributed by atoms with Gasteiger partial charge in [-0.05, 0) is 118 Å². The van der Waals surface area contributed by atoms with E-state index in [1.165, 1.54) is 11.1 Å². The monoisotopic (exact) mass is 931 g/mol. The average Bonchev–Trinajstić information content (AvgIpc) is 3.58. The van der Waals surface area contributed by atoms with E-state index in [0.717, 1.165) is 66.3 Å². The molecule has 2 aromatic heterocycles. The summed E-state index contributed by atoms with van der Waals surface area (Å²) in [4.78, 5) is 40.9. The van der Waals surface area contributed by atoms with E-state index in [2.05, 4.69) is 125 Å². The van der Waals surface area contributed by atoms with Crippen LogP contribution in [0.4, 0.5) is 0 Å². The first-order valence-electron chi connectivity index (χ1n) is 19.7. The predicted octanol–water partition coefficient (Wildman–Crippen LogP) is 12.2. The standard InChI is InChI=1S/C53H42N2O2.Ir/c1-31(56)53(32(2)57,45-27-37-35-17-9-11-19-41(35)51(3,4)43(37)29-39(45)49-25-23-33-15-7-13-21-47(33)54-49)46-28-38-36-18-10-12-20-42(36)52(5,6)44(38)30-40(46)50-26-24-34-16-8-14-22-48(34)55-50;/h7-30H,1-6H3;. The number of hydrogen-bond donors (Lipinski definition) is 0. The van der Waals surface area contributed by atoms with Gasteiger partial charge in [0.1, 0.15) is 5.41 Å². The number of pyridine rings is 2. The molecule has 0 unspecified atom stereocenters. The van der Waals surface area contributed by atoms with E-state index in [1.54, 1.807) is 13.8 Å². The minimum Gasteiger partial charge on any atom is -0.298 e. The molecule has 0 amide bonds. The predicted molar refractivity (Wildman–Crippen MR) is 232 cm³/mol. The fourth-order valence-electron chi connectivity index (χ4n) is 10.1. The molecule has 58 heavy (non-hydrogen) atoms. The van der Waals surface area contributed by atoms with Crippen molar-refractivity contribution in [2.45, 2.75) is 57.8 Å². The normalized spacial score (nSPS) is 14.3. The van der Waals surface area contributed by atoms with Gasteiger partial charge >= 0.3 is 0 Å². The molecule has 5 heteroatoms. The van der Waals surface area contributed by atoms with Crippen LogP contribution in [0.1, 0.15) is 74.9 Å². The van der Waals surface area contributed by atoms with E-state index >= 15 is 9.59 Å². The van der Waals surface area contributed by atoms with E-state index in [-0.39, 0.29) is 42.5 Å². The quantitative estimate of drug-likeness (QED) is 0.156. The maximum atomic E-state index is 15.2. The molecule has 0 bridgehead atoms. The smallest absolute Gasteiger partial charge is 0.152 e. The second kappa shape index (κ2) is 13.3. The number of aromatic nitrogens is 2. The van der Waals surface area contributed by atoms with Crippen LogP contribution in [0.15, 0.2) is 146 Å². The summed E-state index contributed by atoms with van der Waals surface area (Å²) in [5.74, 6) is -0.509. The van der Waals surface area contributed by atoms with Crippen molar-refractivity contribution in [2.24, 2.45) is 0 Å². The van der Waals surface area contributed by atoms with E-state index in [9.17, 15) is 0 Å². The van der Waals surface area contributed by atoms with Crippen LogP contribution >= 0.6 is 0 Å². The Bertz CT molecular complexity index is 2840. The van der Waals surface area contributed by atoms with Gasteiger partial charge in [0.05, 0.1) is 22.4 Å². The molecule has 285 valence electrons. The Hall–Kier alpha value is -5.87. The maximum Gasteiger partial charge on any atom is 0.152 e. The van der Waals surface area contributed by atoms with Gasteiger partial charge in [-0.2, -0.15) is 0 Å². The molecule has 8 aromatic rings. The van der Waals surface area contributed by atoms with E-state index in [0.29, 0.717) is 22.5 Å². The zero-order chi connectivity index (χ0) is 39.4. The molecule has 0 saturated heterocycles. The van der Waals surface area contributed by atoms with Gasteiger partial charge < -0.3 is 0 Å². The molecule has 10 rings (SSSR count). The fraction of sp³-hybridized carbons (Fsp3) is 0.170. The van der Waals surface area contributed by atoms with Crippen molar-refractivity contribution >= 4 is 33.4 Å². The van der Waals surface area contributed by atoms with Crippen molar-refractivity contribution in [1.29, 1.82) is 0 Å². The number of carbonyl (C=O) groups excluding carboxylic acids is 2. The Kier molecular flexibility index (Phi) is 8.67. The van der Waals surface area contributed by atoms with Crippen molar-refractivity contribution in [1.82, 2.24) is 9.97 Å². The second-order valence-electron chi connectivity index (χ2n) is 16.9. The van der Waals surface area contributed by atoms with Crippen LogP contribution in [0, 0.1) is 0 Å². The third-order valence-corrected chi connectivity index (χ3v) is 13.1. The maximum absolute atomic E-state index is 15.2. The SMILES string of the molecule is CC(=O)C(C(C)=O)(c1cc2c(cc1-c1ccc3ccccc3n1)C(C)(C)c1ccccc1-2)c1cc2c(cc1-c1ccc3ccccc3n1)C(C)(C)c1ccccc1-2.[Ir]. The molecule has 2 aliphatic rings. The molecule has 0 spiro atoms. The summed E-state index contributed by atoms with van der Waals surface area (Å²) in [6.07, 6.45) is 0. The zero-order valence-corrected chi connectivity index (χ0v) is 35.8. The minimum atomic E-state index is -1.72. The summed E-state index contributed by atoms with van der Waals surface area (Å²) in [5.41, 5.74) is 12.5. The zero-order valence-electron chi connectivity index (χ0n) is 33.4. The van der Waals surface area contributed by atoms with Crippen LogP contribution in [-0.4, -0.2) is 21.5 Å². The van der Waals surface area contributed by atoms with Gasteiger partial charge in [-0.1, -0.05) is 125 Å². The molecule has 0 atom stereocenters. The topological polar surface area (TPSA) is 59.9 Å². The van der Waals surface area contributed by atoms with E-state index in [4.69, 9.17) is 9.97 Å². The molecule has 0 N–H and O–H groups in total. The van der Waals surface area contributed by atoms with Crippen molar-refractivity contribution in [3.05, 3.63) is 179 Å². The number of ketones is 2. The van der Waals surface area contributed by atoms with Gasteiger partial charge in [-0.3, -0.25) is 9.59 Å². The Morgan fingerprint density at radius 2 is 0.810 bits per heavy atom. The van der Waals surface area contributed by atoms with Crippen LogP contribution in [-0.2, 0) is 45.9 Å². The fourth-order valence-corrected chi connectivity index (χ4v) is 10.1. The molecule has 6 aromatic carbocycles. The second-order valence-corrected chi connectivity index (χ2v) is 16.9. The van der Waals surface area contributed by atoms with Crippen LogP contribution in [0.3, 0.4) is 0 Å².